The van der Waals surface area contributed by atoms with Gasteiger partial charge in [-0.25, -0.2) is 0 Å². The summed E-state index contributed by atoms with van der Waals surface area (Å²) in [6.45, 7) is 4.75. The monoisotopic (exact) mass is 465 g/mol. The van der Waals surface area contributed by atoms with Crippen molar-refractivity contribution < 1.29 is 0 Å². The van der Waals surface area contributed by atoms with Crippen LogP contribution >= 0.6 is 11.3 Å². The smallest absolute Gasteiger partial charge is 0.0548 e. The van der Waals surface area contributed by atoms with Crippen molar-refractivity contribution in [1.29, 1.82) is 0 Å². The molecule has 8 rings (SSSR count). The lowest BCUT2D eigenvalue weighted by atomic mass is 9.81. The number of thiophene rings is 1. The maximum Gasteiger partial charge on any atom is 0.0548 e. The molecule has 0 saturated carbocycles. The standard InChI is InChI=1S/C33H23NS/c1-33(2)24-14-6-3-10-20(24)21-13-9-16-27(32(21)33)34-25-15-7-4-11-22(25)30-26(34)18-19-29-31(30)23-12-5-8-17-28(23)35-29/h3-19H,1-2H3. The topological polar surface area (TPSA) is 4.93 Å². The molecule has 0 bridgehead atoms. The fraction of sp³-hybridized carbons (Fsp3) is 0.0909. The number of hydrogen-bond donors (Lipinski definition) is 0. The molecule has 0 unspecified atom stereocenters. The molecule has 2 aromatic heterocycles. The van der Waals surface area contributed by atoms with Gasteiger partial charge in [-0.15, -0.1) is 11.3 Å². The molecular weight excluding hydrogens is 442 g/mol. The van der Waals surface area contributed by atoms with E-state index >= 15 is 0 Å². The Morgan fingerprint density at radius 1 is 0.571 bits per heavy atom. The number of rotatable bonds is 1. The molecule has 35 heavy (non-hydrogen) atoms. The van der Waals surface area contributed by atoms with E-state index in [2.05, 4.69) is 122 Å². The van der Waals surface area contributed by atoms with Crippen molar-refractivity contribution in [2.24, 2.45) is 0 Å². The molecular formula is C33H23NS. The van der Waals surface area contributed by atoms with Crippen LogP contribution in [-0.4, -0.2) is 4.57 Å². The highest BCUT2D eigenvalue weighted by Gasteiger charge is 2.38. The van der Waals surface area contributed by atoms with Crippen LogP contribution in [-0.2, 0) is 5.41 Å². The Balaban J connectivity index is 1.57. The van der Waals surface area contributed by atoms with E-state index in [0.29, 0.717) is 0 Å². The van der Waals surface area contributed by atoms with Crippen LogP contribution in [0, 0.1) is 0 Å². The van der Waals surface area contributed by atoms with Gasteiger partial charge in [-0.05, 0) is 52.6 Å². The molecule has 1 aliphatic carbocycles. The van der Waals surface area contributed by atoms with Gasteiger partial charge < -0.3 is 4.57 Å². The van der Waals surface area contributed by atoms with E-state index in [0.717, 1.165) is 0 Å². The Morgan fingerprint density at radius 3 is 2.23 bits per heavy atom. The average Bonchev–Trinajstić information content (AvgIpc) is 3.50. The fourth-order valence-corrected chi connectivity index (χ4v) is 7.65. The lowest BCUT2D eigenvalue weighted by molar-refractivity contribution is 0.656. The van der Waals surface area contributed by atoms with Crippen LogP contribution in [0.2, 0.25) is 0 Å². The summed E-state index contributed by atoms with van der Waals surface area (Å²) in [4.78, 5) is 0. The van der Waals surface area contributed by atoms with Gasteiger partial charge in [0.15, 0.2) is 0 Å². The van der Waals surface area contributed by atoms with Crippen molar-refractivity contribution in [2.45, 2.75) is 19.3 Å². The molecule has 2 heterocycles. The zero-order chi connectivity index (χ0) is 23.3. The van der Waals surface area contributed by atoms with Gasteiger partial charge in [0.1, 0.15) is 0 Å². The summed E-state index contributed by atoms with van der Waals surface area (Å²) in [5, 5.41) is 5.42. The third kappa shape index (κ3) is 2.38. The maximum absolute atomic E-state index is 2.52. The van der Waals surface area contributed by atoms with Crippen molar-refractivity contribution >= 4 is 53.3 Å². The number of aromatic nitrogens is 1. The summed E-state index contributed by atoms with van der Waals surface area (Å²) in [6.07, 6.45) is 0. The summed E-state index contributed by atoms with van der Waals surface area (Å²) in [7, 11) is 0. The predicted octanol–water partition coefficient (Wildman–Crippen LogP) is 9.46. The number of hydrogen-bond acceptors (Lipinski definition) is 1. The molecule has 7 aromatic rings. The average molecular weight is 466 g/mol. The zero-order valence-electron chi connectivity index (χ0n) is 19.7. The Labute approximate surface area is 207 Å². The van der Waals surface area contributed by atoms with Gasteiger partial charge in [0.2, 0.25) is 0 Å². The molecule has 0 atom stereocenters. The van der Waals surface area contributed by atoms with Crippen molar-refractivity contribution in [3.63, 3.8) is 0 Å². The first-order valence-electron chi connectivity index (χ1n) is 12.2. The second-order valence-corrected chi connectivity index (χ2v) is 11.2. The zero-order valence-corrected chi connectivity index (χ0v) is 20.5. The molecule has 1 aliphatic rings. The minimum atomic E-state index is -0.0700. The minimum Gasteiger partial charge on any atom is -0.309 e. The SMILES string of the molecule is CC1(C)c2ccccc2-c2cccc(-n3c4ccccc4c4c5c(ccc43)sc3ccccc35)c21. The maximum atomic E-state index is 2.52. The van der Waals surface area contributed by atoms with Crippen LogP contribution in [0.25, 0.3) is 58.8 Å². The molecule has 0 N–H and O–H groups in total. The normalized spacial score (nSPS) is 14.2. The van der Waals surface area contributed by atoms with Crippen molar-refractivity contribution in [3.8, 4) is 16.8 Å². The lowest BCUT2D eigenvalue weighted by Gasteiger charge is -2.25. The second kappa shape index (κ2) is 6.62. The Bertz CT molecular complexity index is 1980. The Kier molecular flexibility index (Phi) is 3.67. The van der Waals surface area contributed by atoms with Gasteiger partial charge in [-0.1, -0.05) is 86.6 Å². The lowest BCUT2D eigenvalue weighted by Crippen LogP contribution is -2.17. The molecule has 1 nitrogen and oxygen atoms in total. The molecule has 0 radical (unpaired) electrons. The first-order valence-corrected chi connectivity index (χ1v) is 13.0. The van der Waals surface area contributed by atoms with Gasteiger partial charge in [-0.2, -0.15) is 0 Å². The van der Waals surface area contributed by atoms with Crippen molar-refractivity contribution in [3.05, 3.63) is 114 Å². The van der Waals surface area contributed by atoms with E-state index < -0.39 is 0 Å². The van der Waals surface area contributed by atoms with Gasteiger partial charge in [0, 0.05) is 36.4 Å². The second-order valence-electron chi connectivity index (χ2n) is 10.2. The molecule has 5 aromatic carbocycles. The first-order chi connectivity index (χ1) is 17.1. The van der Waals surface area contributed by atoms with Crippen molar-refractivity contribution in [2.75, 3.05) is 0 Å². The van der Waals surface area contributed by atoms with E-state index in [-0.39, 0.29) is 5.41 Å². The Morgan fingerprint density at radius 2 is 1.31 bits per heavy atom. The van der Waals surface area contributed by atoms with Gasteiger partial charge in [-0.3, -0.25) is 0 Å². The van der Waals surface area contributed by atoms with E-state index in [1.54, 1.807) is 0 Å². The quantitative estimate of drug-likeness (QED) is 0.227. The highest BCUT2D eigenvalue weighted by Crippen LogP contribution is 2.52. The summed E-state index contributed by atoms with van der Waals surface area (Å²) in [6, 6.07) is 38.2. The molecule has 0 amide bonds. The number of nitrogens with zero attached hydrogens (tertiary/aromatic N) is 1. The number of para-hydroxylation sites is 1. The third-order valence-electron chi connectivity index (χ3n) is 7.98. The van der Waals surface area contributed by atoms with E-state index in [4.69, 9.17) is 0 Å². The number of fused-ring (bicyclic) bond motifs is 10. The van der Waals surface area contributed by atoms with Crippen LogP contribution in [0.5, 0.6) is 0 Å². The van der Waals surface area contributed by atoms with Gasteiger partial charge in [0.25, 0.3) is 0 Å². The minimum absolute atomic E-state index is 0.0700. The molecule has 166 valence electrons. The Hall–Kier alpha value is -3.88. The predicted molar refractivity (Wildman–Crippen MR) is 151 cm³/mol. The van der Waals surface area contributed by atoms with E-state index in [9.17, 15) is 0 Å². The fourth-order valence-electron chi connectivity index (χ4n) is 6.54. The van der Waals surface area contributed by atoms with Gasteiger partial charge in [0.05, 0.1) is 16.7 Å². The van der Waals surface area contributed by atoms with Crippen LogP contribution < -0.4 is 0 Å². The van der Waals surface area contributed by atoms with Crippen molar-refractivity contribution in [1.82, 2.24) is 4.57 Å². The largest absolute Gasteiger partial charge is 0.309 e. The summed E-state index contributed by atoms with van der Waals surface area (Å²) in [5.74, 6) is 0. The third-order valence-corrected chi connectivity index (χ3v) is 9.11. The summed E-state index contributed by atoms with van der Waals surface area (Å²) in [5.41, 5.74) is 9.31. The van der Waals surface area contributed by atoms with Crippen LogP contribution in [0.3, 0.4) is 0 Å². The first kappa shape index (κ1) is 19.4. The molecule has 2 heteroatoms. The van der Waals surface area contributed by atoms with Gasteiger partial charge >= 0.3 is 0 Å². The van der Waals surface area contributed by atoms with E-state index in [1.807, 2.05) is 11.3 Å². The summed E-state index contributed by atoms with van der Waals surface area (Å²) >= 11 is 1.89. The van der Waals surface area contributed by atoms with Crippen LogP contribution in [0.4, 0.5) is 0 Å². The molecule has 0 saturated heterocycles. The molecule has 0 spiro atoms. The summed E-state index contributed by atoms with van der Waals surface area (Å²) < 4.78 is 5.22. The van der Waals surface area contributed by atoms with Crippen LogP contribution in [0.1, 0.15) is 25.0 Å². The van der Waals surface area contributed by atoms with E-state index in [1.165, 1.54) is 69.9 Å². The number of benzene rings is 5. The highest BCUT2D eigenvalue weighted by atomic mass is 32.1. The highest BCUT2D eigenvalue weighted by molar-refractivity contribution is 7.26. The van der Waals surface area contributed by atoms with Crippen LogP contribution in [0.15, 0.2) is 103 Å². The molecule has 0 aliphatic heterocycles. The molecule has 0 fully saturated rings.